The smallest absolute Gasteiger partial charge is 0.269 e. The number of nitrogens with zero attached hydrogens (tertiary/aromatic N) is 5. The zero-order valence-corrected chi connectivity index (χ0v) is 19.3. The van der Waals surface area contributed by atoms with Crippen molar-refractivity contribution in [2.24, 2.45) is 0 Å². The third-order valence-electron chi connectivity index (χ3n) is 5.29. The molecule has 0 spiro atoms. The topological polar surface area (TPSA) is 117 Å². The van der Waals surface area contributed by atoms with Crippen LogP contribution in [0.3, 0.4) is 0 Å². The van der Waals surface area contributed by atoms with Gasteiger partial charge >= 0.3 is 0 Å². The minimum Gasteiger partial charge on any atom is -0.419 e. The fraction of sp³-hybridized carbons (Fsp3) is 0.0833. The Morgan fingerprint density at radius 1 is 1.06 bits per heavy atom. The number of halogens is 2. The summed E-state index contributed by atoms with van der Waals surface area (Å²) in [5, 5.41) is 18.8. The van der Waals surface area contributed by atoms with E-state index in [0.717, 1.165) is 22.4 Å². The summed E-state index contributed by atoms with van der Waals surface area (Å²) in [7, 11) is 0. The second-order valence-electron chi connectivity index (χ2n) is 7.66. The molecule has 12 heteroatoms. The molecule has 0 aliphatic carbocycles. The van der Waals surface area contributed by atoms with Crippen LogP contribution in [0.4, 0.5) is 14.5 Å². The van der Waals surface area contributed by atoms with E-state index in [-0.39, 0.29) is 33.7 Å². The maximum atomic E-state index is 14.7. The minimum absolute atomic E-state index is 0.0733. The second-order valence-corrected chi connectivity index (χ2v) is 8.97. The third kappa shape index (κ3) is 4.33. The lowest BCUT2D eigenvalue weighted by Gasteiger charge is -2.15. The van der Waals surface area contributed by atoms with Crippen molar-refractivity contribution >= 4 is 28.4 Å². The number of non-ortho nitro benzene ring substituents is 1. The maximum Gasteiger partial charge on any atom is 0.269 e. The molecule has 0 saturated heterocycles. The van der Waals surface area contributed by atoms with Gasteiger partial charge in [0.15, 0.2) is 5.16 Å². The first-order valence-corrected chi connectivity index (χ1v) is 11.4. The molecule has 0 amide bonds. The highest BCUT2D eigenvalue weighted by atomic mass is 32.2. The molecule has 0 bridgehead atoms. The molecule has 0 N–H and O–H groups in total. The monoisotopic (exact) mass is 507 g/mol. The highest BCUT2D eigenvalue weighted by molar-refractivity contribution is 7.99. The lowest BCUT2D eigenvalue weighted by atomic mass is 10.2. The zero-order valence-electron chi connectivity index (χ0n) is 18.5. The first-order chi connectivity index (χ1) is 17.3. The fourth-order valence-electron chi connectivity index (χ4n) is 3.52. The van der Waals surface area contributed by atoms with Gasteiger partial charge in [0.25, 0.3) is 11.2 Å². The number of nitro groups is 1. The Morgan fingerprint density at radius 3 is 2.53 bits per heavy atom. The highest BCUT2D eigenvalue weighted by Crippen LogP contribution is 2.35. The molecule has 9 nitrogen and oxygen atoms in total. The van der Waals surface area contributed by atoms with Crippen molar-refractivity contribution in [3.63, 3.8) is 0 Å². The van der Waals surface area contributed by atoms with E-state index < -0.39 is 27.4 Å². The van der Waals surface area contributed by atoms with Crippen molar-refractivity contribution < 1.29 is 18.1 Å². The SMILES string of the molecule is CC(Sc1nc2ccccc2c(=O)n1-c1ccc(F)cc1F)c1nnc(-c2ccc([N+](=O)[O-])cc2)o1. The molecule has 5 aromatic rings. The maximum absolute atomic E-state index is 14.7. The number of fused-ring (bicyclic) bond motifs is 1. The van der Waals surface area contributed by atoms with Crippen LogP contribution in [0.5, 0.6) is 0 Å². The van der Waals surface area contributed by atoms with Crippen LogP contribution in [-0.4, -0.2) is 24.7 Å². The molecule has 0 radical (unpaired) electrons. The van der Waals surface area contributed by atoms with Crippen molar-refractivity contribution in [2.75, 3.05) is 0 Å². The fourth-order valence-corrected chi connectivity index (χ4v) is 4.47. The van der Waals surface area contributed by atoms with Gasteiger partial charge in [-0.05, 0) is 43.3 Å². The van der Waals surface area contributed by atoms with E-state index >= 15 is 0 Å². The molecular weight excluding hydrogens is 492 g/mol. The zero-order chi connectivity index (χ0) is 25.4. The van der Waals surface area contributed by atoms with Crippen molar-refractivity contribution in [1.82, 2.24) is 19.7 Å². The summed E-state index contributed by atoms with van der Waals surface area (Å²) in [6.45, 7) is 1.74. The highest BCUT2D eigenvalue weighted by Gasteiger charge is 2.22. The lowest BCUT2D eigenvalue weighted by Crippen LogP contribution is -2.23. The number of hydrogen-bond donors (Lipinski definition) is 0. The molecule has 5 rings (SSSR count). The Hall–Kier alpha value is -4.45. The van der Waals surface area contributed by atoms with E-state index in [1.807, 2.05) is 0 Å². The summed E-state index contributed by atoms with van der Waals surface area (Å²) >= 11 is 1.08. The number of thioether (sulfide) groups is 1. The third-order valence-corrected chi connectivity index (χ3v) is 6.33. The van der Waals surface area contributed by atoms with Crippen molar-refractivity contribution in [3.05, 3.63) is 105 Å². The number of para-hydroxylation sites is 1. The number of rotatable bonds is 6. The first-order valence-electron chi connectivity index (χ1n) is 10.5. The van der Waals surface area contributed by atoms with Gasteiger partial charge in [0.1, 0.15) is 11.6 Å². The number of benzene rings is 3. The van der Waals surface area contributed by atoms with E-state index in [1.54, 1.807) is 31.2 Å². The number of nitro benzene ring substituents is 1. The van der Waals surface area contributed by atoms with Gasteiger partial charge in [0.2, 0.25) is 11.8 Å². The van der Waals surface area contributed by atoms with Crippen molar-refractivity contribution in [1.29, 1.82) is 0 Å². The Balaban J connectivity index is 1.53. The van der Waals surface area contributed by atoms with Crippen LogP contribution in [0.2, 0.25) is 0 Å². The van der Waals surface area contributed by atoms with Gasteiger partial charge in [-0.2, -0.15) is 0 Å². The molecule has 2 heterocycles. The second kappa shape index (κ2) is 9.30. The average Bonchev–Trinajstić information content (AvgIpc) is 3.36. The Labute approximate surface area is 205 Å². The van der Waals surface area contributed by atoms with Gasteiger partial charge in [-0.25, -0.2) is 13.8 Å². The van der Waals surface area contributed by atoms with Crippen LogP contribution in [-0.2, 0) is 0 Å². The first kappa shape index (κ1) is 23.3. The normalized spacial score (nSPS) is 12.1. The molecule has 1 atom stereocenters. The molecule has 1 unspecified atom stereocenters. The van der Waals surface area contributed by atoms with Gasteiger partial charge in [0, 0.05) is 23.8 Å². The van der Waals surface area contributed by atoms with Gasteiger partial charge in [-0.15, -0.1) is 10.2 Å². The Kier molecular flexibility index (Phi) is 6.02. The summed E-state index contributed by atoms with van der Waals surface area (Å²) in [6, 6.07) is 15.2. The summed E-state index contributed by atoms with van der Waals surface area (Å²) in [5.41, 5.74) is 0.166. The van der Waals surface area contributed by atoms with Gasteiger partial charge in [-0.1, -0.05) is 23.9 Å². The molecule has 0 saturated carbocycles. The molecule has 0 aliphatic rings. The average molecular weight is 507 g/mol. The van der Waals surface area contributed by atoms with Gasteiger partial charge in [0.05, 0.1) is 26.8 Å². The predicted octanol–water partition coefficient (Wildman–Crippen LogP) is 5.48. The summed E-state index contributed by atoms with van der Waals surface area (Å²) in [6.07, 6.45) is 0. The molecule has 3 aromatic carbocycles. The number of aromatic nitrogens is 4. The lowest BCUT2D eigenvalue weighted by molar-refractivity contribution is -0.384. The molecule has 0 aliphatic heterocycles. The molecule has 180 valence electrons. The minimum atomic E-state index is -0.915. The van der Waals surface area contributed by atoms with Crippen LogP contribution in [0.1, 0.15) is 18.1 Å². The van der Waals surface area contributed by atoms with E-state index in [1.165, 1.54) is 30.3 Å². The predicted molar refractivity (Wildman–Crippen MR) is 128 cm³/mol. The summed E-state index contributed by atoms with van der Waals surface area (Å²) in [5.74, 6) is -1.34. The van der Waals surface area contributed by atoms with Crippen molar-refractivity contribution in [2.45, 2.75) is 17.3 Å². The van der Waals surface area contributed by atoms with E-state index in [4.69, 9.17) is 4.42 Å². The van der Waals surface area contributed by atoms with Gasteiger partial charge < -0.3 is 4.42 Å². The van der Waals surface area contributed by atoms with E-state index in [9.17, 15) is 23.7 Å². The van der Waals surface area contributed by atoms with E-state index in [0.29, 0.717) is 17.1 Å². The van der Waals surface area contributed by atoms with Gasteiger partial charge in [-0.3, -0.25) is 19.5 Å². The molecule has 36 heavy (non-hydrogen) atoms. The summed E-state index contributed by atoms with van der Waals surface area (Å²) in [4.78, 5) is 28.2. The van der Waals surface area contributed by atoms with Crippen LogP contribution < -0.4 is 5.56 Å². The number of hydrogen-bond acceptors (Lipinski definition) is 8. The van der Waals surface area contributed by atoms with Crippen LogP contribution in [0, 0.1) is 21.7 Å². The Bertz CT molecular complexity index is 1670. The van der Waals surface area contributed by atoms with Crippen LogP contribution in [0.15, 0.2) is 81.1 Å². The quantitative estimate of drug-likeness (QED) is 0.128. The molecular formula is C24H15F2N5O4S. The van der Waals surface area contributed by atoms with Crippen molar-refractivity contribution in [3.8, 4) is 17.1 Å². The van der Waals surface area contributed by atoms with E-state index in [2.05, 4.69) is 15.2 Å². The summed E-state index contributed by atoms with van der Waals surface area (Å²) < 4.78 is 35.1. The standard InChI is InChI=1S/C24H15F2N5O4S/c1-13(21-28-29-22(35-21)14-6-9-16(10-7-14)31(33)34)36-24-27-19-5-3-2-4-17(19)23(32)30(24)20-11-8-15(25)12-18(20)26/h2-13H,1H3. The molecule has 0 fully saturated rings. The van der Waals surface area contributed by atoms with Crippen LogP contribution in [0.25, 0.3) is 28.0 Å². The molecule has 2 aromatic heterocycles. The van der Waals surface area contributed by atoms with Crippen LogP contribution >= 0.6 is 11.8 Å². The Morgan fingerprint density at radius 2 is 1.81 bits per heavy atom. The largest absolute Gasteiger partial charge is 0.419 e.